The zero-order chi connectivity index (χ0) is 66.6. The van der Waals surface area contributed by atoms with Crippen LogP contribution in [0.25, 0.3) is 0 Å². The van der Waals surface area contributed by atoms with Gasteiger partial charge in [-0.3, -0.25) is 24.0 Å². The van der Waals surface area contributed by atoms with E-state index in [-0.39, 0.29) is 45.3 Å². The van der Waals surface area contributed by atoms with Crippen LogP contribution in [0.4, 0.5) is 26.3 Å². The number of Topliss-reactive ketones (excluding diaryl/α,β-unsaturated/α-hetero) is 5. The summed E-state index contributed by atoms with van der Waals surface area (Å²) in [5.41, 5.74) is -2.88. The van der Waals surface area contributed by atoms with E-state index < -0.39 is 32.4 Å². The van der Waals surface area contributed by atoms with Crippen molar-refractivity contribution in [1.29, 1.82) is 0 Å². The molecular formula is C64H123Cl3F6O5. The van der Waals surface area contributed by atoms with Gasteiger partial charge in [0.15, 0.2) is 15.4 Å². The van der Waals surface area contributed by atoms with Gasteiger partial charge in [0.25, 0.3) is 0 Å². The lowest BCUT2D eigenvalue weighted by molar-refractivity contribution is -0.205. The zero-order valence-corrected chi connectivity index (χ0v) is 59.2. The van der Waals surface area contributed by atoms with Crippen LogP contribution in [0.3, 0.4) is 0 Å². The van der Waals surface area contributed by atoms with Gasteiger partial charge in [-0.2, -0.15) is 26.3 Å². The molecule has 1 aromatic carbocycles. The molecule has 1 aromatic rings. The van der Waals surface area contributed by atoms with Crippen LogP contribution in [-0.4, -0.2) is 45.1 Å². The molecule has 0 saturated carbocycles. The van der Waals surface area contributed by atoms with Crippen molar-refractivity contribution >= 4 is 63.7 Å². The Morgan fingerprint density at radius 1 is 0.474 bits per heavy atom. The molecule has 0 N–H and O–H groups in total. The summed E-state index contributed by atoms with van der Waals surface area (Å²) in [5, 5.41) is 0. The molecule has 0 amide bonds. The number of hydrogen-bond donors (Lipinski definition) is 0. The summed E-state index contributed by atoms with van der Waals surface area (Å²) in [6, 6.07) is 6.99. The summed E-state index contributed by atoms with van der Waals surface area (Å²) in [4.78, 5) is 54.9. The minimum absolute atomic E-state index is 0.0619. The summed E-state index contributed by atoms with van der Waals surface area (Å²) in [5.74, 6) is 3.42. The molecule has 0 radical (unpaired) electrons. The molecule has 1 aliphatic carbocycles. The van der Waals surface area contributed by atoms with Gasteiger partial charge in [-0.1, -0.05) is 294 Å². The number of alkyl halides is 9. The zero-order valence-electron chi connectivity index (χ0n) is 57.0. The van der Waals surface area contributed by atoms with Gasteiger partial charge in [-0.25, -0.2) is 0 Å². The van der Waals surface area contributed by atoms with E-state index in [0.717, 1.165) is 59.3 Å². The van der Waals surface area contributed by atoms with Crippen molar-refractivity contribution in [2.75, 3.05) is 0 Å². The van der Waals surface area contributed by atoms with Crippen molar-refractivity contribution < 1.29 is 50.3 Å². The Hall–Kier alpha value is -1.98. The van der Waals surface area contributed by atoms with Crippen LogP contribution in [0.1, 0.15) is 290 Å². The maximum atomic E-state index is 11.7. The SMILES string of the molecule is CC(=O)C(C)(C)C.CC(=O)C(C)C.CC(C)(C)C.CC(C)(C)C(Cl)(Cl)Cl.CC(C)(C)C(F)(F)F.CC(C)(C)C(F)(F)F.CC(C)C.CC(C)C.CC(C)C.CC1(C)C(=O)c2ccccc2C1=O.CCC.CCC(=O)C(C)(C)C. The average Bonchev–Trinajstić information content (AvgIpc) is 3.31. The van der Waals surface area contributed by atoms with Crippen molar-refractivity contribution in [3.63, 3.8) is 0 Å². The maximum absolute atomic E-state index is 11.7. The molecule has 0 bridgehead atoms. The van der Waals surface area contributed by atoms with E-state index in [4.69, 9.17) is 34.8 Å². The first kappa shape index (κ1) is 98.2. The molecule has 0 unspecified atom stereocenters. The molecule has 14 heteroatoms. The molecular weight excluding hydrogens is 1070 g/mol. The highest BCUT2D eigenvalue weighted by molar-refractivity contribution is 6.68. The number of ketones is 5. The van der Waals surface area contributed by atoms with Gasteiger partial charge in [-0.15, -0.1) is 0 Å². The van der Waals surface area contributed by atoms with Crippen LogP contribution >= 0.6 is 34.8 Å². The molecule has 472 valence electrons. The van der Waals surface area contributed by atoms with Crippen molar-refractivity contribution in [3.8, 4) is 0 Å². The molecule has 0 fully saturated rings. The Kier molecular flexibility index (Phi) is 55.0. The second kappa shape index (κ2) is 43.7. The summed E-state index contributed by atoms with van der Waals surface area (Å²) in [7, 11) is 0. The van der Waals surface area contributed by atoms with Crippen LogP contribution in [0.15, 0.2) is 24.3 Å². The number of hydrogen-bond acceptors (Lipinski definition) is 5. The van der Waals surface area contributed by atoms with Gasteiger partial charge in [0.05, 0.1) is 16.2 Å². The Morgan fingerprint density at radius 3 is 0.692 bits per heavy atom. The third kappa shape index (κ3) is 72.0. The van der Waals surface area contributed by atoms with Crippen LogP contribution in [-0.2, 0) is 14.4 Å². The van der Waals surface area contributed by atoms with Crippen molar-refractivity contribution in [3.05, 3.63) is 35.4 Å². The molecule has 0 atom stereocenters. The van der Waals surface area contributed by atoms with Gasteiger partial charge in [0, 0.05) is 39.7 Å². The highest BCUT2D eigenvalue weighted by Crippen LogP contribution is 2.43. The molecule has 5 nitrogen and oxygen atoms in total. The summed E-state index contributed by atoms with van der Waals surface area (Å²) >= 11 is 16.6. The predicted octanol–water partition coefficient (Wildman–Crippen LogP) is 24.0. The van der Waals surface area contributed by atoms with Crippen molar-refractivity contribution in [2.45, 2.75) is 285 Å². The van der Waals surface area contributed by atoms with E-state index in [1.54, 1.807) is 52.0 Å². The summed E-state index contributed by atoms with van der Waals surface area (Å²) in [6.07, 6.45) is -6.22. The van der Waals surface area contributed by atoms with E-state index in [2.05, 4.69) is 104 Å². The fourth-order valence-corrected chi connectivity index (χ4v) is 2.19. The lowest BCUT2D eigenvalue weighted by Gasteiger charge is -2.27. The largest absolute Gasteiger partial charge is 0.393 e. The first-order chi connectivity index (χ1) is 33.5. The highest BCUT2D eigenvalue weighted by atomic mass is 35.6. The van der Waals surface area contributed by atoms with E-state index in [1.807, 2.05) is 83.1 Å². The number of carbonyl (C=O) groups excluding carboxylic acids is 5. The second-order valence-corrected chi connectivity index (χ2v) is 30.9. The fourth-order valence-electron chi connectivity index (χ4n) is 2.19. The number of halogens is 9. The van der Waals surface area contributed by atoms with Crippen LogP contribution in [0.2, 0.25) is 0 Å². The third-order valence-corrected chi connectivity index (χ3v) is 9.83. The molecule has 0 aromatic heterocycles. The Bertz CT molecular complexity index is 1540. The normalized spacial score (nSPS) is 12.8. The minimum Gasteiger partial charge on any atom is -0.300 e. The fraction of sp³-hybridized carbons (Fsp3) is 0.828. The van der Waals surface area contributed by atoms with E-state index in [0.29, 0.717) is 28.7 Å². The van der Waals surface area contributed by atoms with Crippen molar-refractivity contribution in [1.82, 2.24) is 0 Å². The molecule has 0 saturated heterocycles. The van der Waals surface area contributed by atoms with Gasteiger partial charge in [0.1, 0.15) is 17.3 Å². The Balaban J connectivity index is -0.0000000827. The minimum atomic E-state index is -4.06. The first-order valence-electron chi connectivity index (χ1n) is 27.4. The second-order valence-electron chi connectivity index (χ2n) is 28.6. The van der Waals surface area contributed by atoms with Crippen LogP contribution < -0.4 is 0 Å². The number of benzene rings is 1. The van der Waals surface area contributed by atoms with Gasteiger partial charge >= 0.3 is 12.4 Å². The lowest BCUT2D eigenvalue weighted by Crippen LogP contribution is -2.28. The lowest BCUT2D eigenvalue weighted by atomic mass is 9.88. The maximum Gasteiger partial charge on any atom is 0.393 e. The Labute approximate surface area is 493 Å². The smallest absolute Gasteiger partial charge is 0.300 e. The summed E-state index contributed by atoms with van der Waals surface area (Å²) in [6.45, 7) is 68.8. The van der Waals surface area contributed by atoms with Gasteiger partial charge < -0.3 is 0 Å². The summed E-state index contributed by atoms with van der Waals surface area (Å²) < 4.78 is 68.2. The van der Waals surface area contributed by atoms with Crippen molar-refractivity contribution in [2.24, 2.45) is 61.6 Å². The molecule has 0 heterocycles. The Morgan fingerprint density at radius 2 is 0.628 bits per heavy atom. The van der Waals surface area contributed by atoms with Gasteiger partial charge in [0.2, 0.25) is 0 Å². The highest BCUT2D eigenvalue weighted by Gasteiger charge is 2.45. The van der Waals surface area contributed by atoms with Gasteiger partial charge in [-0.05, 0) is 50.9 Å². The first-order valence-corrected chi connectivity index (χ1v) is 28.5. The number of rotatable bonds is 2. The van der Waals surface area contributed by atoms with E-state index in [9.17, 15) is 50.3 Å². The van der Waals surface area contributed by atoms with E-state index in [1.165, 1.54) is 6.42 Å². The number of carbonyl (C=O) groups is 5. The average molecular weight is 1190 g/mol. The standard InChI is InChI=1S/C11H10O2.C7H14O.C6H12O.C5H9Cl3.2C5H9F3.C5H10O.C5H12.3C4H10.C3H8/c1-11(2)9(12)7-5-3-4-6-8(7)10(11)13;1-5-6(8)7(2,3)4;1-5(7)6(2,3)4;3*1-4(2,3)5(6,7)8;1-4(2)5(3)6;1-5(2,3)4;3*1-4(2)3;1-3-2/h3-6H,1-2H3;5H2,1-4H3;1-4H3;3*1-3H3;4H,1-3H3;1-4H3;3*4H,1-3H3;3H2,1-2H3. The van der Waals surface area contributed by atoms with Crippen LogP contribution in [0.5, 0.6) is 0 Å². The molecule has 0 spiro atoms. The molecule has 0 aliphatic heterocycles. The molecule has 2 rings (SSSR count). The quantitative estimate of drug-likeness (QED) is 0.167. The van der Waals surface area contributed by atoms with Crippen LogP contribution in [0, 0.1) is 61.6 Å². The number of fused-ring (bicyclic) bond motifs is 1. The predicted molar refractivity (Wildman–Crippen MR) is 333 cm³/mol. The topological polar surface area (TPSA) is 85.3 Å². The third-order valence-electron chi connectivity index (χ3n) is 8.13. The molecule has 78 heavy (non-hydrogen) atoms. The monoisotopic (exact) mass is 1190 g/mol. The molecule has 1 aliphatic rings. The van der Waals surface area contributed by atoms with E-state index >= 15 is 0 Å².